The van der Waals surface area contributed by atoms with Crippen LogP contribution in [-0.4, -0.2) is 24.9 Å². The number of aliphatic hydroxyl groups excluding tert-OH is 1. The Morgan fingerprint density at radius 2 is 2.11 bits per heavy atom. The topological polar surface area (TPSA) is 29.5 Å². The third-order valence-electron chi connectivity index (χ3n) is 4.32. The maximum Gasteiger partial charge on any atom is 0.0641 e. The Bertz CT molecular complexity index is 258. The molecule has 2 unspecified atom stereocenters. The minimum Gasteiger partial charge on any atom is -0.392 e. The SMILES string of the molecule is CCCOCC/C=C(/CO)CC1CCC(C(C)C)C1. The van der Waals surface area contributed by atoms with Crippen molar-refractivity contribution in [1.29, 1.82) is 0 Å². The Balaban J connectivity index is 2.26. The molecule has 1 aliphatic carbocycles. The van der Waals surface area contributed by atoms with Gasteiger partial charge >= 0.3 is 0 Å². The molecule has 2 nitrogen and oxygen atoms in total. The van der Waals surface area contributed by atoms with Crippen LogP contribution in [0.4, 0.5) is 0 Å². The van der Waals surface area contributed by atoms with E-state index < -0.39 is 0 Å². The summed E-state index contributed by atoms with van der Waals surface area (Å²) in [5, 5.41) is 9.46. The fourth-order valence-electron chi connectivity index (χ4n) is 3.08. The molecule has 1 N–H and O–H groups in total. The summed E-state index contributed by atoms with van der Waals surface area (Å²) in [6.45, 7) is 8.65. The van der Waals surface area contributed by atoms with Crippen molar-refractivity contribution in [1.82, 2.24) is 0 Å². The number of hydrogen-bond donors (Lipinski definition) is 1. The second kappa shape index (κ2) is 9.55. The maximum atomic E-state index is 9.46. The third kappa shape index (κ3) is 6.58. The lowest BCUT2D eigenvalue weighted by atomic mass is 9.91. The summed E-state index contributed by atoms with van der Waals surface area (Å²) in [7, 11) is 0. The van der Waals surface area contributed by atoms with E-state index in [0.717, 1.165) is 50.2 Å². The Labute approximate surface area is 119 Å². The van der Waals surface area contributed by atoms with Gasteiger partial charge in [0.2, 0.25) is 0 Å². The summed E-state index contributed by atoms with van der Waals surface area (Å²) in [6.07, 6.45) is 9.37. The molecule has 0 aromatic carbocycles. The summed E-state index contributed by atoms with van der Waals surface area (Å²) in [6, 6.07) is 0. The van der Waals surface area contributed by atoms with Crippen LogP contribution in [0.25, 0.3) is 0 Å². The molecule has 2 atom stereocenters. The molecule has 0 aromatic rings. The highest BCUT2D eigenvalue weighted by molar-refractivity contribution is 5.04. The van der Waals surface area contributed by atoms with Crippen molar-refractivity contribution in [2.45, 2.75) is 59.3 Å². The first-order valence-electron chi connectivity index (χ1n) is 8.03. The summed E-state index contributed by atoms with van der Waals surface area (Å²) in [4.78, 5) is 0. The number of aliphatic hydroxyl groups is 1. The first-order chi connectivity index (χ1) is 9.17. The summed E-state index contributed by atoms with van der Waals surface area (Å²) in [5.74, 6) is 2.51. The van der Waals surface area contributed by atoms with Crippen LogP contribution in [0.3, 0.4) is 0 Å². The van der Waals surface area contributed by atoms with Crippen molar-refractivity contribution in [3.63, 3.8) is 0 Å². The molecular weight excluding hydrogens is 236 g/mol. The molecule has 0 aliphatic heterocycles. The first-order valence-corrected chi connectivity index (χ1v) is 8.03. The van der Waals surface area contributed by atoms with Crippen LogP contribution in [0.1, 0.15) is 59.3 Å². The van der Waals surface area contributed by atoms with Crippen LogP contribution >= 0.6 is 0 Å². The van der Waals surface area contributed by atoms with Gasteiger partial charge in [-0.3, -0.25) is 0 Å². The second-order valence-electron chi connectivity index (χ2n) is 6.31. The van der Waals surface area contributed by atoms with E-state index in [9.17, 15) is 5.11 Å². The highest BCUT2D eigenvalue weighted by Crippen LogP contribution is 2.38. The standard InChI is InChI=1S/C17H32O2/c1-4-9-19-10-5-6-16(13-18)11-15-7-8-17(12-15)14(2)3/h6,14-15,17-18H,4-5,7-13H2,1-3H3/b16-6+. The van der Waals surface area contributed by atoms with E-state index in [0.29, 0.717) is 0 Å². The van der Waals surface area contributed by atoms with Gasteiger partial charge in [-0.15, -0.1) is 0 Å². The van der Waals surface area contributed by atoms with Gasteiger partial charge in [0.25, 0.3) is 0 Å². The summed E-state index contributed by atoms with van der Waals surface area (Å²) < 4.78 is 5.47. The Hall–Kier alpha value is -0.340. The number of hydrogen-bond acceptors (Lipinski definition) is 2. The molecule has 2 heteroatoms. The van der Waals surface area contributed by atoms with Crippen molar-refractivity contribution >= 4 is 0 Å². The van der Waals surface area contributed by atoms with E-state index in [4.69, 9.17) is 4.74 Å². The Kier molecular flexibility index (Phi) is 8.40. The highest BCUT2D eigenvalue weighted by Gasteiger charge is 2.26. The van der Waals surface area contributed by atoms with Gasteiger partial charge in [0.05, 0.1) is 13.2 Å². The molecule has 0 heterocycles. The third-order valence-corrected chi connectivity index (χ3v) is 4.32. The molecule has 0 saturated heterocycles. The minimum atomic E-state index is 0.219. The quantitative estimate of drug-likeness (QED) is 0.502. The zero-order valence-corrected chi connectivity index (χ0v) is 13.0. The van der Waals surface area contributed by atoms with E-state index >= 15 is 0 Å². The van der Waals surface area contributed by atoms with Crippen LogP contribution in [0.5, 0.6) is 0 Å². The molecule has 1 fully saturated rings. The van der Waals surface area contributed by atoms with Crippen LogP contribution in [-0.2, 0) is 4.74 Å². The molecule has 19 heavy (non-hydrogen) atoms. The van der Waals surface area contributed by atoms with Crippen molar-refractivity contribution in [3.8, 4) is 0 Å². The normalized spacial score (nSPS) is 24.4. The molecule has 0 bridgehead atoms. The van der Waals surface area contributed by atoms with Gasteiger partial charge in [-0.25, -0.2) is 0 Å². The predicted molar refractivity (Wildman–Crippen MR) is 81.2 cm³/mol. The summed E-state index contributed by atoms with van der Waals surface area (Å²) in [5.41, 5.74) is 1.22. The number of rotatable bonds is 9. The smallest absolute Gasteiger partial charge is 0.0641 e. The van der Waals surface area contributed by atoms with Gasteiger partial charge in [-0.2, -0.15) is 0 Å². The van der Waals surface area contributed by atoms with E-state index in [1.165, 1.54) is 24.8 Å². The molecule has 1 saturated carbocycles. The van der Waals surface area contributed by atoms with Gasteiger partial charge in [0.1, 0.15) is 0 Å². The van der Waals surface area contributed by atoms with Crippen molar-refractivity contribution in [3.05, 3.63) is 11.6 Å². The van der Waals surface area contributed by atoms with Crippen LogP contribution in [0.15, 0.2) is 11.6 Å². The average molecular weight is 268 g/mol. The predicted octanol–water partition coefficient (Wildman–Crippen LogP) is 4.18. The molecule has 0 aromatic heterocycles. The van der Waals surface area contributed by atoms with Gasteiger partial charge in [-0.05, 0) is 61.9 Å². The molecule has 1 rings (SSSR count). The fraction of sp³-hybridized carbons (Fsp3) is 0.882. The highest BCUT2D eigenvalue weighted by atomic mass is 16.5. The van der Waals surface area contributed by atoms with Gasteiger partial charge in [0, 0.05) is 6.61 Å². The van der Waals surface area contributed by atoms with Crippen molar-refractivity contribution in [2.75, 3.05) is 19.8 Å². The second-order valence-corrected chi connectivity index (χ2v) is 6.31. The van der Waals surface area contributed by atoms with E-state index in [1.54, 1.807) is 0 Å². The lowest BCUT2D eigenvalue weighted by Gasteiger charge is -2.15. The number of ether oxygens (including phenoxy) is 1. The van der Waals surface area contributed by atoms with Crippen LogP contribution in [0, 0.1) is 17.8 Å². The molecule has 112 valence electrons. The zero-order chi connectivity index (χ0) is 14.1. The van der Waals surface area contributed by atoms with E-state index in [1.807, 2.05) is 0 Å². The van der Waals surface area contributed by atoms with Crippen LogP contribution < -0.4 is 0 Å². The lowest BCUT2D eigenvalue weighted by Crippen LogP contribution is -2.05. The van der Waals surface area contributed by atoms with Gasteiger partial charge < -0.3 is 9.84 Å². The van der Waals surface area contributed by atoms with Crippen LogP contribution in [0.2, 0.25) is 0 Å². The van der Waals surface area contributed by atoms with E-state index in [2.05, 4.69) is 26.8 Å². The zero-order valence-electron chi connectivity index (χ0n) is 13.0. The Morgan fingerprint density at radius 3 is 2.68 bits per heavy atom. The lowest BCUT2D eigenvalue weighted by molar-refractivity contribution is 0.139. The Morgan fingerprint density at radius 1 is 1.32 bits per heavy atom. The molecular formula is C17H32O2. The molecule has 0 amide bonds. The minimum absolute atomic E-state index is 0.219. The molecule has 0 spiro atoms. The average Bonchev–Trinajstić information content (AvgIpc) is 2.86. The van der Waals surface area contributed by atoms with Gasteiger partial charge in [0.15, 0.2) is 0 Å². The van der Waals surface area contributed by atoms with E-state index in [-0.39, 0.29) is 6.61 Å². The summed E-state index contributed by atoms with van der Waals surface area (Å²) >= 11 is 0. The van der Waals surface area contributed by atoms with Gasteiger partial charge in [-0.1, -0.05) is 26.8 Å². The first kappa shape index (κ1) is 16.7. The fourth-order valence-corrected chi connectivity index (χ4v) is 3.08. The van der Waals surface area contributed by atoms with Crippen molar-refractivity contribution in [2.24, 2.45) is 17.8 Å². The maximum absolute atomic E-state index is 9.46. The molecule has 1 aliphatic rings. The largest absolute Gasteiger partial charge is 0.392 e. The monoisotopic (exact) mass is 268 g/mol. The molecule has 0 radical (unpaired) electrons. The van der Waals surface area contributed by atoms with Crippen molar-refractivity contribution < 1.29 is 9.84 Å².